The Bertz CT molecular complexity index is 5240. The van der Waals surface area contributed by atoms with Gasteiger partial charge in [0, 0.05) is 99.4 Å². The van der Waals surface area contributed by atoms with Crippen LogP contribution >= 0.6 is 0 Å². The minimum Gasteiger partial charge on any atom is -0.458 e. The molecule has 10 nitrogen and oxygen atoms in total. The van der Waals surface area contributed by atoms with Crippen molar-refractivity contribution in [2.24, 2.45) is 0 Å². The molecule has 8 heterocycles. The summed E-state index contributed by atoms with van der Waals surface area (Å²) >= 11 is 0. The van der Waals surface area contributed by atoms with Gasteiger partial charge in [-0.15, -0.1) is 0 Å². The molecule has 4 aliphatic heterocycles. The lowest BCUT2D eigenvalue weighted by Crippen LogP contribution is -2.63. The number of anilines is 12. The van der Waals surface area contributed by atoms with Crippen molar-refractivity contribution in [2.75, 3.05) is 19.6 Å². The lowest BCUT2D eigenvalue weighted by Gasteiger charge is -2.43. The minimum atomic E-state index is -0.286. The highest BCUT2D eigenvalue weighted by Gasteiger charge is 2.48. The Morgan fingerprint density at radius 1 is 0.245 bits per heavy atom. The van der Waals surface area contributed by atoms with Crippen LogP contribution in [0.25, 0.3) is 45.0 Å². The molecule has 0 aliphatic carbocycles. The Hall–Kier alpha value is -13.1. The number of fused-ring (bicyclic) bond motifs is 8. The largest absolute Gasteiger partial charge is 0.458 e. The van der Waals surface area contributed by atoms with Gasteiger partial charge >= 0.3 is 0 Å². The van der Waals surface area contributed by atoms with Crippen molar-refractivity contribution in [3.8, 4) is 68.0 Å². The number of rotatable bonds is 12. The molecule has 15 aromatic rings. The Kier molecular flexibility index (Phi) is 13.5. The summed E-state index contributed by atoms with van der Waals surface area (Å²) in [4.78, 5) is 29.4. The van der Waals surface area contributed by atoms with Gasteiger partial charge in [0.15, 0.2) is 0 Å². The van der Waals surface area contributed by atoms with Crippen molar-refractivity contribution in [3.05, 3.63) is 340 Å². The maximum Gasteiger partial charge on any atom is 0.256 e. The van der Waals surface area contributed by atoms with Crippen LogP contribution < -0.4 is 61.9 Å². The molecule has 0 fully saturated rings. The third-order valence-electron chi connectivity index (χ3n) is 19.3. The van der Waals surface area contributed by atoms with E-state index in [0.29, 0.717) is 11.5 Å². The molecule has 0 atom stereocenters. The molecule has 0 N–H and O–H groups in total. The Balaban J connectivity index is 0.857. The molecular weight excluding hydrogens is 1200 g/mol. The molecular formula is C86H56B2N8O2. The van der Waals surface area contributed by atoms with Gasteiger partial charge in [-0.2, -0.15) is 0 Å². The highest BCUT2D eigenvalue weighted by molar-refractivity contribution is 7.02. The fourth-order valence-corrected chi connectivity index (χ4v) is 15.3. The standard InChI is InChI=1S/C86H56B2N8O2/c1-3-27-57(28-4-1)93(73-41-13-7-31-61(73)69-37-19-23-47-89-69)59-51-79-85-83(53-59)97-81-56-82-68(55-67(81)87(85)65-35-11-17-45-77(65)95(79)75-43-15-9-33-63(75)71-39-21-25-49-91-71)88-66-36-12-18-46-78(66)96(76-44-16-10-34-64(76)72-40-22-26-50-92-72)80-52-60(54-84(98-82)86(80)88)94(58-29-5-2-6-30-58)74-42-14-8-32-62(74)70-38-20-24-48-90-70/h1-56H. The number of hydrogen-bond donors (Lipinski definition) is 0. The number of para-hydroxylation sites is 8. The van der Waals surface area contributed by atoms with Crippen molar-refractivity contribution in [1.82, 2.24) is 19.9 Å². The van der Waals surface area contributed by atoms with Gasteiger partial charge < -0.3 is 29.1 Å². The molecule has 98 heavy (non-hydrogen) atoms. The van der Waals surface area contributed by atoms with Crippen molar-refractivity contribution in [1.29, 1.82) is 0 Å². The second-order valence-corrected chi connectivity index (χ2v) is 24.8. The molecule has 0 saturated heterocycles. The molecule has 19 rings (SSSR count). The zero-order valence-corrected chi connectivity index (χ0v) is 52.9. The zero-order chi connectivity index (χ0) is 64.6. The molecule has 4 aromatic heterocycles. The lowest BCUT2D eigenvalue weighted by atomic mass is 9.31. The van der Waals surface area contributed by atoms with E-state index >= 15 is 0 Å². The fourth-order valence-electron chi connectivity index (χ4n) is 15.3. The molecule has 4 aliphatic rings. The topological polar surface area (TPSA) is 83.0 Å². The van der Waals surface area contributed by atoms with Crippen LogP contribution in [0.5, 0.6) is 23.0 Å². The van der Waals surface area contributed by atoms with Gasteiger partial charge in [-0.3, -0.25) is 19.9 Å². The molecule has 0 spiro atoms. The summed E-state index contributed by atoms with van der Waals surface area (Å²) < 4.78 is 15.4. The number of benzene rings is 11. The quantitative estimate of drug-likeness (QED) is 0.110. The van der Waals surface area contributed by atoms with Crippen LogP contribution in [0.4, 0.5) is 68.2 Å². The normalized spacial score (nSPS) is 12.6. The van der Waals surface area contributed by atoms with Crippen LogP contribution in [0.15, 0.2) is 340 Å². The van der Waals surface area contributed by atoms with Crippen LogP contribution in [0.2, 0.25) is 0 Å². The Labute approximate surface area is 568 Å². The van der Waals surface area contributed by atoms with Crippen LogP contribution in [0.1, 0.15) is 0 Å². The van der Waals surface area contributed by atoms with Gasteiger partial charge in [0.2, 0.25) is 0 Å². The van der Waals surface area contributed by atoms with Crippen molar-refractivity contribution in [2.45, 2.75) is 0 Å². The maximum atomic E-state index is 7.72. The van der Waals surface area contributed by atoms with Gasteiger partial charge in [-0.1, -0.05) is 176 Å². The monoisotopic (exact) mass is 1250 g/mol. The third-order valence-corrected chi connectivity index (χ3v) is 19.3. The third kappa shape index (κ3) is 9.28. The maximum absolute atomic E-state index is 7.72. The molecule has 0 unspecified atom stereocenters. The predicted molar refractivity (Wildman–Crippen MR) is 400 cm³/mol. The van der Waals surface area contributed by atoms with Crippen LogP contribution in [0, 0.1) is 0 Å². The number of hydrogen-bond acceptors (Lipinski definition) is 10. The first kappa shape index (κ1) is 56.5. The molecule has 0 amide bonds. The van der Waals surface area contributed by atoms with E-state index in [1.165, 1.54) is 0 Å². The van der Waals surface area contributed by atoms with E-state index in [4.69, 9.17) is 29.4 Å². The van der Waals surface area contributed by atoms with E-state index in [-0.39, 0.29) is 13.4 Å². The first-order valence-corrected chi connectivity index (χ1v) is 33.1. The van der Waals surface area contributed by atoms with Crippen molar-refractivity contribution >= 4 is 114 Å². The number of aromatic nitrogens is 4. The molecule has 0 radical (unpaired) electrons. The predicted octanol–water partition coefficient (Wildman–Crippen LogP) is 17.7. The average Bonchev–Trinajstić information content (AvgIpc) is 0.697. The van der Waals surface area contributed by atoms with E-state index in [0.717, 1.165) is 158 Å². The van der Waals surface area contributed by atoms with E-state index in [1.807, 2.05) is 61.2 Å². The molecule has 11 aromatic carbocycles. The number of ether oxygens (including phenoxy) is 2. The summed E-state index contributed by atoms with van der Waals surface area (Å²) in [6.07, 6.45) is 7.45. The molecule has 12 heteroatoms. The SMILES string of the molecule is c1ccc(N(c2cc3c4c(c2)N(c2ccccc2-c2ccccn2)c2ccccc2B4c2cc4c(cc2O3)Oc2cc(N(c3ccccc3)c3ccccc3-c3ccccn3)cc3c2B4c2ccccc2N3c2ccccc2-c2ccccn2)c2ccccc2-c2ccccn2)cc1. The minimum absolute atomic E-state index is 0.286. The summed E-state index contributed by atoms with van der Waals surface area (Å²) in [6, 6.07) is 111. The van der Waals surface area contributed by atoms with Crippen molar-refractivity contribution < 1.29 is 9.47 Å². The molecule has 458 valence electrons. The smallest absolute Gasteiger partial charge is 0.256 e. The van der Waals surface area contributed by atoms with Crippen LogP contribution in [0.3, 0.4) is 0 Å². The summed E-state index contributed by atoms with van der Waals surface area (Å²) in [5.74, 6) is 2.90. The Morgan fingerprint density at radius 2 is 0.582 bits per heavy atom. The van der Waals surface area contributed by atoms with Gasteiger partial charge in [-0.05, 0) is 154 Å². The molecule has 0 saturated carbocycles. The summed E-state index contributed by atoms with van der Waals surface area (Å²) in [6.45, 7) is -0.572. The highest BCUT2D eigenvalue weighted by Crippen LogP contribution is 2.52. The average molecular weight is 1260 g/mol. The van der Waals surface area contributed by atoms with Crippen LogP contribution in [-0.4, -0.2) is 33.4 Å². The van der Waals surface area contributed by atoms with E-state index in [1.54, 1.807) is 0 Å². The second kappa shape index (κ2) is 23.4. The second-order valence-electron chi connectivity index (χ2n) is 24.8. The highest BCUT2D eigenvalue weighted by atomic mass is 16.5. The first-order valence-electron chi connectivity index (χ1n) is 33.1. The molecule has 0 bridgehead atoms. The zero-order valence-electron chi connectivity index (χ0n) is 52.9. The van der Waals surface area contributed by atoms with E-state index in [2.05, 4.69) is 299 Å². The summed E-state index contributed by atoms with van der Waals surface area (Å²) in [5.41, 5.74) is 25.7. The van der Waals surface area contributed by atoms with E-state index < -0.39 is 0 Å². The first-order chi connectivity index (χ1) is 48.7. The van der Waals surface area contributed by atoms with Gasteiger partial charge in [0.25, 0.3) is 13.4 Å². The van der Waals surface area contributed by atoms with Gasteiger partial charge in [0.05, 0.1) is 56.9 Å². The van der Waals surface area contributed by atoms with Crippen molar-refractivity contribution in [3.63, 3.8) is 0 Å². The van der Waals surface area contributed by atoms with Gasteiger partial charge in [-0.25, -0.2) is 0 Å². The summed E-state index contributed by atoms with van der Waals surface area (Å²) in [5, 5.41) is 0. The van der Waals surface area contributed by atoms with Crippen LogP contribution in [-0.2, 0) is 0 Å². The van der Waals surface area contributed by atoms with Gasteiger partial charge in [0.1, 0.15) is 23.0 Å². The number of pyridine rings is 4. The van der Waals surface area contributed by atoms with E-state index in [9.17, 15) is 0 Å². The Morgan fingerprint density at radius 3 is 0.980 bits per heavy atom. The lowest BCUT2D eigenvalue weighted by molar-refractivity contribution is 0.466. The fraction of sp³-hybridized carbons (Fsp3) is 0. The number of nitrogens with zero attached hydrogens (tertiary/aromatic N) is 8. The summed E-state index contributed by atoms with van der Waals surface area (Å²) in [7, 11) is 0.